The summed E-state index contributed by atoms with van der Waals surface area (Å²) in [5.41, 5.74) is 1.97. The molecular formula is C22H28FN3O4S. The van der Waals surface area contributed by atoms with Crippen LogP contribution < -0.4 is 9.46 Å². The van der Waals surface area contributed by atoms with Gasteiger partial charge in [0.2, 0.25) is 10.0 Å². The van der Waals surface area contributed by atoms with Gasteiger partial charge < -0.3 is 9.64 Å². The van der Waals surface area contributed by atoms with Gasteiger partial charge in [-0.3, -0.25) is 9.69 Å². The number of amides is 1. The highest BCUT2D eigenvalue weighted by molar-refractivity contribution is 7.89. The molecule has 0 unspecified atom stereocenters. The van der Waals surface area contributed by atoms with Crippen LogP contribution in [-0.4, -0.2) is 64.0 Å². The lowest BCUT2D eigenvalue weighted by Crippen LogP contribution is -2.48. The fraction of sp³-hybridized carbons (Fsp3) is 0.409. The molecule has 1 amide bonds. The zero-order valence-electron chi connectivity index (χ0n) is 18.0. The highest BCUT2D eigenvalue weighted by Gasteiger charge is 2.25. The maximum absolute atomic E-state index is 13.9. The Morgan fingerprint density at radius 1 is 1.13 bits per heavy atom. The molecule has 3 rings (SSSR count). The van der Waals surface area contributed by atoms with Crippen molar-refractivity contribution >= 4 is 15.9 Å². The third kappa shape index (κ3) is 5.41. The van der Waals surface area contributed by atoms with Gasteiger partial charge in [-0.05, 0) is 42.3 Å². The van der Waals surface area contributed by atoms with Crippen LogP contribution in [0, 0.1) is 12.7 Å². The lowest BCUT2D eigenvalue weighted by Gasteiger charge is -2.35. The molecule has 0 bridgehead atoms. The number of methoxy groups -OCH3 is 1. The second-order valence-corrected chi connectivity index (χ2v) is 9.28. The number of hydrogen-bond acceptors (Lipinski definition) is 5. The van der Waals surface area contributed by atoms with E-state index in [0.29, 0.717) is 38.3 Å². The van der Waals surface area contributed by atoms with Gasteiger partial charge >= 0.3 is 0 Å². The Kier molecular flexibility index (Phi) is 7.30. The maximum atomic E-state index is 13.9. The van der Waals surface area contributed by atoms with Crippen molar-refractivity contribution in [3.63, 3.8) is 0 Å². The molecular weight excluding hydrogens is 421 g/mol. The van der Waals surface area contributed by atoms with E-state index in [9.17, 15) is 17.6 Å². The summed E-state index contributed by atoms with van der Waals surface area (Å²) in [5, 5.41) is 0. The highest BCUT2D eigenvalue weighted by Crippen LogP contribution is 2.21. The number of sulfonamides is 1. The SMILES string of the molecule is CCNS(=O)(=O)c1ccc(C)c(C(=O)N2CCN(Cc3ccc(OC)c(F)c3)CC2)c1. The molecule has 1 aliphatic heterocycles. The molecule has 0 spiro atoms. The number of aryl methyl sites for hydroxylation is 1. The molecule has 7 nitrogen and oxygen atoms in total. The molecule has 1 N–H and O–H groups in total. The molecule has 1 aliphatic rings. The van der Waals surface area contributed by atoms with Crippen molar-refractivity contribution in [3.8, 4) is 5.75 Å². The molecule has 2 aromatic rings. The van der Waals surface area contributed by atoms with Crippen LogP contribution in [0.1, 0.15) is 28.4 Å². The van der Waals surface area contributed by atoms with Crippen molar-refractivity contribution in [3.05, 3.63) is 58.9 Å². The fourth-order valence-corrected chi connectivity index (χ4v) is 4.68. The van der Waals surface area contributed by atoms with E-state index >= 15 is 0 Å². The van der Waals surface area contributed by atoms with Crippen molar-refractivity contribution in [2.45, 2.75) is 25.3 Å². The average Bonchev–Trinajstić information content (AvgIpc) is 2.74. The Morgan fingerprint density at radius 3 is 2.45 bits per heavy atom. The minimum absolute atomic E-state index is 0.0865. The molecule has 9 heteroatoms. The largest absolute Gasteiger partial charge is 0.494 e. The zero-order chi connectivity index (χ0) is 22.6. The van der Waals surface area contributed by atoms with Gasteiger partial charge in [-0.1, -0.05) is 19.1 Å². The predicted molar refractivity (Wildman–Crippen MR) is 116 cm³/mol. The van der Waals surface area contributed by atoms with Gasteiger partial charge in [-0.15, -0.1) is 0 Å². The fourth-order valence-electron chi connectivity index (χ4n) is 3.62. The number of halogens is 1. The monoisotopic (exact) mass is 449 g/mol. The number of nitrogens with zero attached hydrogens (tertiary/aromatic N) is 2. The van der Waals surface area contributed by atoms with Crippen molar-refractivity contribution in [2.75, 3.05) is 39.8 Å². The number of ether oxygens (including phenoxy) is 1. The zero-order valence-corrected chi connectivity index (χ0v) is 18.8. The van der Waals surface area contributed by atoms with Gasteiger partial charge in [-0.2, -0.15) is 0 Å². The second-order valence-electron chi connectivity index (χ2n) is 7.52. The van der Waals surface area contributed by atoms with Gasteiger partial charge in [0.05, 0.1) is 12.0 Å². The van der Waals surface area contributed by atoms with Crippen LogP contribution in [0.5, 0.6) is 5.75 Å². The van der Waals surface area contributed by atoms with E-state index in [-0.39, 0.29) is 23.1 Å². The van der Waals surface area contributed by atoms with Gasteiger partial charge in [0.1, 0.15) is 0 Å². The Balaban J connectivity index is 1.66. The molecule has 0 radical (unpaired) electrons. The topological polar surface area (TPSA) is 79.0 Å². The summed E-state index contributed by atoms with van der Waals surface area (Å²) < 4.78 is 45.9. The summed E-state index contributed by atoms with van der Waals surface area (Å²) in [6.45, 7) is 6.69. The summed E-state index contributed by atoms with van der Waals surface area (Å²) in [7, 11) is -2.20. The van der Waals surface area contributed by atoms with E-state index in [2.05, 4.69) is 9.62 Å². The molecule has 1 heterocycles. The van der Waals surface area contributed by atoms with E-state index in [1.807, 2.05) is 6.07 Å². The van der Waals surface area contributed by atoms with Gasteiger partial charge in [0, 0.05) is 44.8 Å². The van der Waals surface area contributed by atoms with Crippen molar-refractivity contribution in [1.82, 2.24) is 14.5 Å². The maximum Gasteiger partial charge on any atom is 0.254 e. The van der Waals surface area contributed by atoms with Crippen molar-refractivity contribution in [2.24, 2.45) is 0 Å². The third-order valence-electron chi connectivity index (χ3n) is 5.37. The minimum Gasteiger partial charge on any atom is -0.494 e. The standard InChI is InChI=1S/C22H28FN3O4S/c1-4-24-31(28,29)18-7-5-16(2)19(14-18)22(27)26-11-9-25(10-12-26)15-17-6-8-21(30-3)20(23)13-17/h5-8,13-14,24H,4,9-12,15H2,1-3H3. The molecule has 0 saturated carbocycles. The number of carbonyl (C=O) groups is 1. The minimum atomic E-state index is -3.63. The van der Waals surface area contributed by atoms with E-state index < -0.39 is 15.8 Å². The quantitative estimate of drug-likeness (QED) is 0.702. The summed E-state index contributed by atoms with van der Waals surface area (Å²) in [6.07, 6.45) is 0. The highest BCUT2D eigenvalue weighted by atomic mass is 32.2. The molecule has 1 saturated heterocycles. The summed E-state index contributed by atoms with van der Waals surface area (Å²) in [4.78, 5) is 17.0. The lowest BCUT2D eigenvalue weighted by atomic mass is 10.1. The Hall–Kier alpha value is -2.49. The smallest absolute Gasteiger partial charge is 0.254 e. The van der Waals surface area contributed by atoms with E-state index in [1.165, 1.54) is 25.3 Å². The van der Waals surface area contributed by atoms with Gasteiger partial charge in [0.25, 0.3) is 5.91 Å². The Morgan fingerprint density at radius 2 is 1.84 bits per heavy atom. The number of rotatable bonds is 7. The van der Waals surface area contributed by atoms with Crippen LogP contribution in [0.3, 0.4) is 0 Å². The van der Waals surface area contributed by atoms with Crippen LogP contribution in [0.15, 0.2) is 41.3 Å². The first-order valence-electron chi connectivity index (χ1n) is 10.2. The Bertz CT molecular complexity index is 1050. The van der Waals surface area contributed by atoms with Crippen molar-refractivity contribution in [1.29, 1.82) is 0 Å². The Labute approximate surface area is 182 Å². The van der Waals surface area contributed by atoms with Gasteiger partial charge in [-0.25, -0.2) is 17.5 Å². The number of hydrogen-bond donors (Lipinski definition) is 1. The van der Waals surface area contributed by atoms with E-state index in [0.717, 1.165) is 11.1 Å². The summed E-state index contributed by atoms with van der Waals surface area (Å²) in [6, 6.07) is 9.53. The normalized spacial score (nSPS) is 15.2. The molecule has 0 aromatic heterocycles. The van der Waals surface area contributed by atoms with Crippen LogP contribution >= 0.6 is 0 Å². The van der Waals surface area contributed by atoms with Crippen LogP contribution in [0.4, 0.5) is 4.39 Å². The number of piperazine rings is 1. The van der Waals surface area contributed by atoms with Crippen molar-refractivity contribution < 1.29 is 22.3 Å². The molecule has 2 aromatic carbocycles. The first-order valence-corrected chi connectivity index (χ1v) is 11.7. The van der Waals surface area contributed by atoms with Crippen LogP contribution in [0.2, 0.25) is 0 Å². The summed E-state index contributed by atoms with van der Waals surface area (Å²) >= 11 is 0. The first-order chi connectivity index (χ1) is 14.7. The van der Waals surface area contributed by atoms with Crippen LogP contribution in [-0.2, 0) is 16.6 Å². The molecule has 31 heavy (non-hydrogen) atoms. The molecule has 1 fully saturated rings. The number of nitrogens with one attached hydrogen (secondary N) is 1. The third-order valence-corrected chi connectivity index (χ3v) is 6.91. The van der Waals surface area contributed by atoms with E-state index in [1.54, 1.807) is 30.9 Å². The average molecular weight is 450 g/mol. The number of benzene rings is 2. The predicted octanol–water partition coefficient (Wildman–Crippen LogP) is 2.40. The summed E-state index contributed by atoms with van der Waals surface area (Å²) in [5.74, 6) is -0.356. The number of carbonyl (C=O) groups excluding carboxylic acids is 1. The van der Waals surface area contributed by atoms with Gasteiger partial charge in [0.15, 0.2) is 11.6 Å². The van der Waals surface area contributed by atoms with Crippen LogP contribution in [0.25, 0.3) is 0 Å². The molecule has 0 atom stereocenters. The molecule has 168 valence electrons. The lowest BCUT2D eigenvalue weighted by molar-refractivity contribution is 0.0627. The molecule has 0 aliphatic carbocycles. The first kappa shape index (κ1) is 23.2. The second kappa shape index (κ2) is 9.76. The van der Waals surface area contributed by atoms with E-state index in [4.69, 9.17) is 4.74 Å².